The Balaban J connectivity index is 1.53. The van der Waals surface area contributed by atoms with Crippen LogP contribution in [0.2, 0.25) is 0 Å². The van der Waals surface area contributed by atoms with Crippen LogP contribution in [0.4, 0.5) is 5.82 Å². The number of anilines is 1. The lowest BCUT2D eigenvalue weighted by Crippen LogP contribution is -2.38. The van der Waals surface area contributed by atoms with Gasteiger partial charge in [-0.15, -0.1) is 0 Å². The van der Waals surface area contributed by atoms with E-state index < -0.39 is 0 Å². The Hall–Kier alpha value is -3.35. The van der Waals surface area contributed by atoms with Gasteiger partial charge in [-0.1, -0.05) is 18.9 Å². The van der Waals surface area contributed by atoms with E-state index in [0.717, 1.165) is 48.7 Å². The number of nitrogens with zero attached hydrogens (tertiary/aromatic N) is 6. The maximum Gasteiger partial charge on any atom is 0.255 e. The average Bonchev–Trinajstić information content (AvgIpc) is 3.13. The fraction of sp³-hybridized carbons (Fsp3) is 0.375. The van der Waals surface area contributed by atoms with Crippen LogP contribution >= 0.6 is 0 Å². The minimum atomic E-state index is 0.00867. The molecule has 7 heteroatoms. The highest BCUT2D eigenvalue weighted by Gasteiger charge is 2.29. The van der Waals surface area contributed by atoms with Gasteiger partial charge in [-0.25, -0.2) is 9.97 Å². The summed E-state index contributed by atoms with van der Waals surface area (Å²) in [6.45, 7) is 3.14. The van der Waals surface area contributed by atoms with Gasteiger partial charge in [-0.2, -0.15) is 0 Å². The summed E-state index contributed by atoms with van der Waals surface area (Å²) in [6.07, 6.45) is 10.6. The second-order valence-electron chi connectivity index (χ2n) is 8.13. The minimum Gasteiger partial charge on any atom is -0.356 e. The van der Waals surface area contributed by atoms with Crippen LogP contribution in [0, 0.1) is 0 Å². The second-order valence-corrected chi connectivity index (χ2v) is 8.13. The molecule has 31 heavy (non-hydrogen) atoms. The van der Waals surface area contributed by atoms with Crippen LogP contribution in [0.25, 0.3) is 11.5 Å². The molecule has 158 valence electrons. The first-order chi connectivity index (χ1) is 15.3. The molecule has 7 nitrogen and oxygen atoms in total. The van der Waals surface area contributed by atoms with Crippen molar-refractivity contribution < 1.29 is 4.79 Å². The van der Waals surface area contributed by atoms with Gasteiger partial charge in [-0.3, -0.25) is 14.8 Å². The zero-order chi connectivity index (χ0) is 21.0. The van der Waals surface area contributed by atoms with E-state index >= 15 is 0 Å². The van der Waals surface area contributed by atoms with Crippen molar-refractivity contribution in [2.45, 2.75) is 38.6 Å². The normalized spacial score (nSPS) is 16.5. The van der Waals surface area contributed by atoms with Crippen LogP contribution < -0.4 is 4.90 Å². The van der Waals surface area contributed by atoms with Crippen molar-refractivity contribution in [3.8, 4) is 11.5 Å². The standard InChI is InChI=1S/C24H26N6O/c31-24(18-8-7-11-25-16-18)30-15-10-20-19(17-30)23(29-13-5-1-2-6-14-29)28-22(27-20)21-9-3-4-12-26-21/h3-4,7-9,11-12,16H,1-2,5-6,10,13-15,17H2. The maximum absolute atomic E-state index is 13.1. The lowest BCUT2D eigenvalue weighted by Gasteiger charge is -2.32. The first-order valence-electron chi connectivity index (χ1n) is 11.0. The van der Waals surface area contributed by atoms with Crippen molar-refractivity contribution in [1.82, 2.24) is 24.8 Å². The lowest BCUT2D eigenvalue weighted by molar-refractivity contribution is 0.0733. The molecule has 1 fully saturated rings. The van der Waals surface area contributed by atoms with Gasteiger partial charge in [0.1, 0.15) is 11.5 Å². The van der Waals surface area contributed by atoms with E-state index in [9.17, 15) is 4.79 Å². The predicted molar refractivity (Wildman–Crippen MR) is 119 cm³/mol. The first kappa shape index (κ1) is 19.6. The summed E-state index contributed by atoms with van der Waals surface area (Å²) >= 11 is 0. The highest BCUT2D eigenvalue weighted by Crippen LogP contribution is 2.31. The van der Waals surface area contributed by atoms with Gasteiger partial charge in [0.2, 0.25) is 0 Å². The predicted octanol–water partition coefficient (Wildman–Crippen LogP) is 3.51. The lowest BCUT2D eigenvalue weighted by atomic mass is 10.0. The third-order valence-electron chi connectivity index (χ3n) is 6.03. The molecule has 0 unspecified atom stereocenters. The fourth-order valence-corrected chi connectivity index (χ4v) is 4.40. The number of fused-ring (bicyclic) bond motifs is 1. The molecule has 2 aliphatic rings. The van der Waals surface area contributed by atoms with E-state index in [1.165, 1.54) is 12.8 Å². The average molecular weight is 415 g/mol. The van der Waals surface area contributed by atoms with E-state index in [1.54, 1.807) is 24.7 Å². The van der Waals surface area contributed by atoms with Crippen LogP contribution in [-0.2, 0) is 13.0 Å². The Morgan fingerprint density at radius 2 is 1.77 bits per heavy atom. The number of aromatic nitrogens is 4. The topological polar surface area (TPSA) is 75.1 Å². The molecule has 0 atom stereocenters. The third-order valence-corrected chi connectivity index (χ3v) is 6.03. The Morgan fingerprint density at radius 1 is 0.903 bits per heavy atom. The molecule has 3 aromatic heterocycles. The number of pyridine rings is 2. The molecule has 5 heterocycles. The van der Waals surface area contributed by atoms with Crippen molar-refractivity contribution in [1.29, 1.82) is 0 Å². The van der Waals surface area contributed by atoms with Crippen molar-refractivity contribution in [3.05, 3.63) is 65.7 Å². The van der Waals surface area contributed by atoms with Crippen molar-refractivity contribution >= 4 is 11.7 Å². The van der Waals surface area contributed by atoms with Crippen LogP contribution in [0.15, 0.2) is 48.9 Å². The van der Waals surface area contributed by atoms with E-state index in [-0.39, 0.29) is 5.91 Å². The molecule has 0 N–H and O–H groups in total. The third kappa shape index (κ3) is 4.13. The maximum atomic E-state index is 13.1. The van der Waals surface area contributed by atoms with Gasteiger partial charge in [0, 0.05) is 50.2 Å². The highest BCUT2D eigenvalue weighted by atomic mass is 16.2. The van der Waals surface area contributed by atoms with Crippen molar-refractivity contribution in [3.63, 3.8) is 0 Å². The van der Waals surface area contributed by atoms with Gasteiger partial charge < -0.3 is 9.80 Å². The number of carbonyl (C=O) groups excluding carboxylic acids is 1. The van der Waals surface area contributed by atoms with Gasteiger partial charge >= 0.3 is 0 Å². The van der Waals surface area contributed by atoms with Gasteiger partial charge in [0.05, 0.1) is 17.8 Å². The minimum absolute atomic E-state index is 0.00867. The molecule has 3 aromatic rings. The Kier molecular flexibility index (Phi) is 5.56. The van der Waals surface area contributed by atoms with Gasteiger partial charge in [0.15, 0.2) is 5.82 Å². The quantitative estimate of drug-likeness (QED) is 0.653. The molecular weight excluding hydrogens is 388 g/mol. The zero-order valence-electron chi connectivity index (χ0n) is 17.6. The number of hydrogen-bond acceptors (Lipinski definition) is 6. The van der Waals surface area contributed by atoms with Crippen LogP contribution in [0.1, 0.15) is 47.3 Å². The summed E-state index contributed by atoms with van der Waals surface area (Å²) in [6, 6.07) is 9.44. The SMILES string of the molecule is O=C(c1cccnc1)N1CCc2nc(-c3ccccn3)nc(N3CCCCCC3)c2C1. The van der Waals surface area contributed by atoms with E-state index in [0.29, 0.717) is 30.9 Å². The molecular formula is C24H26N6O. The molecule has 5 rings (SSSR count). The van der Waals surface area contributed by atoms with Gasteiger partial charge in [0.25, 0.3) is 5.91 Å². The summed E-state index contributed by atoms with van der Waals surface area (Å²) < 4.78 is 0. The Bertz CT molecular complexity index is 1050. The molecule has 0 aromatic carbocycles. The highest BCUT2D eigenvalue weighted by molar-refractivity contribution is 5.94. The molecule has 0 spiro atoms. The van der Waals surface area contributed by atoms with Crippen LogP contribution in [-0.4, -0.2) is 50.4 Å². The fourth-order valence-electron chi connectivity index (χ4n) is 4.40. The number of carbonyl (C=O) groups is 1. The Morgan fingerprint density at radius 3 is 2.52 bits per heavy atom. The summed E-state index contributed by atoms with van der Waals surface area (Å²) in [7, 11) is 0. The molecule has 2 aliphatic heterocycles. The zero-order valence-corrected chi connectivity index (χ0v) is 17.6. The molecule has 0 saturated carbocycles. The largest absolute Gasteiger partial charge is 0.356 e. The van der Waals surface area contributed by atoms with Crippen molar-refractivity contribution in [2.24, 2.45) is 0 Å². The molecule has 1 saturated heterocycles. The van der Waals surface area contributed by atoms with Crippen LogP contribution in [0.3, 0.4) is 0 Å². The van der Waals surface area contributed by atoms with Crippen LogP contribution in [0.5, 0.6) is 0 Å². The molecule has 0 radical (unpaired) electrons. The van der Waals surface area contributed by atoms with E-state index in [1.807, 2.05) is 29.2 Å². The first-order valence-corrected chi connectivity index (χ1v) is 11.0. The summed E-state index contributed by atoms with van der Waals surface area (Å²) in [5, 5.41) is 0. The molecule has 1 amide bonds. The number of amides is 1. The monoisotopic (exact) mass is 414 g/mol. The summed E-state index contributed by atoms with van der Waals surface area (Å²) in [5.41, 5.74) is 3.51. The number of rotatable bonds is 3. The van der Waals surface area contributed by atoms with E-state index in [2.05, 4.69) is 14.9 Å². The Labute approximate surface area is 182 Å². The second kappa shape index (κ2) is 8.79. The molecule has 0 aliphatic carbocycles. The smallest absolute Gasteiger partial charge is 0.255 e. The summed E-state index contributed by atoms with van der Waals surface area (Å²) in [5.74, 6) is 1.65. The van der Waals surface area contributed by atoms with Gasteiger partial charge in [-0.05, 0) is 37.1 Å². The van der Waals surface area contributed by atoms with Crippen molar-refractivity contribution in [2.75, 3.05) is 24.5 Å². The molecule has 0 bridgehead atoms. The summed E-state index contributed by atoms with van der Waals surface area (Å²) in [4.78, 5) is 35.8. The van der Waals surface area contributed by atoms with E-state index in [4.69, 9.17) is 9.97 Å². The number of hydrogen-bond donors (Lipinski definition) is 0.